The molecule has 3 fully saturated rings. The van der Waals surface area contributed by atoms with Crippen LogP contribution in [0.3, 0.4) is 0 Å². The summed E-state index contributed by atoms with van der Waals surface area (Å²) in [4.78, 5) is 57.5. The van der Waals surface area contributed by atoms with Gasteiger partial charge in [-0.25, -0.2) is 8.42 Å². The maximum atomic E-state index is 13.8. The molecule has 0 aliphatic carbocycles. The van der Waals surface area contributed by atoms with Gasteiger partial charge in [-0.05, 0) is 124 Å². The highest BCUT2D eigenvalue weighted by Gasteiger charge is 2.42. The van der Waals surface area contributed by atoms with E-state index < -0.39 is 33.4 Å². The number of hydrogen-bond donors (Lipinski definition) is 1. The number of benzene rings is 3. The molecule has 0 radical (unpaired) electrons. The molecule has 0 spiro atoms. The molecule has 4 heterocycles. The van der Waals surface area contributed by atoms with E-state index in [1.807, 2.05) is 13.0 Å². The third kappa shape index (κ3) is 10.1. The number of ether oxygens (including phenoxy) is 3. The average molecular weight is 829 g/mol. The van der Waals surface area contributed by atoms with E-state index in [1.54, 1.807) is 30.3 Å². The number of carbonyl (C=O) groups is 4. The molecule has 0 bridgehead atoms. The van der Waals surface area contributed by atoms with Gasteiger partial charge in [0.2, 0.25) is 11.8 Å². The molecule has 4 amide bonds. The Bertz CT molecular complexity index is 2130. The second kappa shape index (κ2) is 18.7. The van der Waals surface area contributed by atoms with Crippen LogP contribution in [-0.2, 0) is 30.6 Å². The van der Waals surface area contributed by atoms with E-state index in [1.165, 1.54) is 12.7 Å². The minimum atomic E-state index is -3.60. The fraction of sp³-hybridized carbons (Fsp3) is 0.511. The molecule has 2 atom stereocenters. The summed E-state index contributed by atoms with van der Waals surface area (Å²) in [6, 6.07) is 18.2. The first-order valence-corrected chi connectivity index (χ1v) is 23.0. The van der Waals surface area contributed by atoms with Crippen LogP contribution in [0.4, 0.5) is 0 Å². The van der Waals surface area contributed by atoms with E-state index in [4.69, 9.17) is 14.2 Å². The molecule has 3 saturated heterocycles. The van der Waals surface area contributed by atoms with E-state index in [0.717, 1.165) is 80.7 Å². The fourth-order valence-electron chi connectivity index (χ4n) is 9.12. The van der Waals surface area contributed by atoms with Crippen LogP contribution < -0.4 is 14.8 Å². The predicted octanol–water partition coefficient (Wildman–Crippen LogP) is 4.90. The lowest BCUT2D eigenvalue weighted by Crippen LogP contribution is -2.48. The summed E-state index contributed by atoms with van der Waals surface area (Å²) in [5, 5.41) is 2.46. The highest BCUT2D eigenvalue weighted by molar-refractivity contribution is 7.90. The van der Waals surface area contributed by atoms with Crippen molar-refractivity contribution in [2.24, 2.45) is 0 Å². The fourth-order valence-corrected chi connectivity index (χ4v) is 10.0. The Hall–Kier alpha value is -4.63. The smallest absolute Gasteiger partial charge is 0.262 e. The van der Waals surface area contributed by atoms with Crippen molar-refractivity contribution >= 4 is 33.5 Å². The molecule has 1 N–H and O–H groups in total. The lowest BCUT2D eigenvalue weighted by atomic mass is 9.85. The lowest BCUT2D eigenvalue weighted by Gasteiger charge is -2.42. The van der Waals surface area contributed by atoms with Gasteiger partial charge in [0.25, 0.3) is 11.8 Å². The van der Waals surface area contributed by atoms with Crippen molar-refractivity contribution in [2.45, 2.75) is 75.8 Å². The molecule has 14 heteroatoms. The Labute approximate surface area is 347 Å². The van der Waals surface area contributed by atoms with E-state index in [0.29, 0.717) is 68.1 Å². The van der Waals surface area contributed by atoms with Crippen molar-refractivity contribution in [1.29, 1.82) is 0 Å². The monoisotopic (exact) mass is 828 g/mol. The van der Waals surface area contributed by atoms with Crippen LogP contribution >= 0.6 is 0 Å². The Morgan fingerprint density at radius 2 is 1.51 bits per heavy atom. The van der Waals surface area contributed by atoms with Crippen molar-refractivity contribution in [2.75, 3.05) is 71.7 Å². The van der Waals surface area contributed by atoms with Crippen LogP contribution in [0.25, 0.3) is 0 Å². The number of nitrogens with one attached hydrogen (secondary N) is 1. The summed E-state index contributed by atoms with van der Waals surface area (Å²) in [6.45, 7) is 8.36. The van der Waals surface area contributed by atoms with Crippen molar-refractivity contribution in [3.63, 3.8) is 0 Å². The number of methoxy groups -OCH3 is 1. The van der Waals surface area contributed by atoms with Gasteiger partial charge in [0, 0.05) is 25.3 Å². The molecule has 59 heavy (non-hydrogen) atoms. The maximum absolute atomic E-state index is 13.8. The minimum absolute atomic E-state index is 0.184. The van der Waals surface area contributed by atoms with Crippen molar-refractivity contribution in [3.8, 4) is 11.5 Å². The Morgan fingerprint density at radius 3 is 2.19 bits per heavy atom. The van der Waals surface area contributed by atoms with Crippen LogP contribution in [0.2, 0.25) is 0 Å². The molecule has 13 nitrogen and oxygen atoms in total. The zero-order valence-electron chi connectivity index (χ0n) is 34.3. The Kier molecular flexibility index (Phi) is 13.5. The number of nitrogens with zero attached hydrogens (tertiary/aromatic N) is 3. The first kappa shape index (κ1) is 42.5. The van der Waals surface area contributed by atoms with Crippen molar-refractivity contribution in [3.05, 3.63) is 94.0 Å². The molecule has 1 unspecified atom stereocenters. The van der Waals surface area contributed by atoms with E-state index in [9.17, 15) is 27.6 Å². The number of amides is 4. The van der Waals surface area contributed by atoms with Crippen LogP contribution in [0.15, 0.2) is 60.7 Å². The number of rotatable bonds is 16. The SMILES string of the molecule is CCOc1cc([C@@H](CS(C)(=O)=O)N2C(=O)c3ccc(CCOCCN4CCC(N5CCC(c6ccc(C7CCC(=O)NC7=O)cc6)CC5)CC4)cc3C2=O)ccc1OC. The third-order valence-corrected chi connectivity index (χ3v) is 13.3. The Morgan fingerprint density at radius 1 is 0.797 bits per heavy atom. The average Bonchev–Trinajstić information content (AvgIpc) is 3.47. The number of fused-ring (bicyclic) bond motifs is 1. The van der Waals surface area contributed by atoms with Gasteiger partial charge in [0.1, 0.15) is 9.84 Å². The van der Waals surface area contributed by atoms with Gasteiger partial charge in [-0.1, -0.05) is 36.4 Å². The van der Waals surface area contributed by atoms with Crippen molar-refractivity contribution < 1.29 is 41.8 Å². The molecule has 4 aliphatic rings. The summed E-state index contributed by atoms with van der Waals surface area (Å²) in [5.41, 5.74) is 4.16. The number of likely N-dealkylation sites (tertiary alicyclic amines) is 2. The molecule has 0 aromatic heterocycles. The number of carbonyl (C=O) groups excluding carboxylic acids is 4. The highest BCUT2D eigenvalue weighted by atomic mass is 32.2. The summed E-state index contributed by atoms with van der Waals surface area (Å²) in [6.07, 6.45) is 7.16. The second-order valence-electron chi connectivity index (χ2n) is 16.2. The molecular formula is C45H56N4O9S. The molecule has 4 aliphatic heterocycles. The molecule has 0 saturated carbocycles. The second-order valence-corrected chi connectivity index (χ2v) is 18.4. The van der Waals surface area contributed by atoms with E-state index in [2.05, 4.69) is 39.4 Å². The first-order chi connectivity index (χ1) is 28.4. The number of hydrogen-bond acceptors (Lipinski definition) is 11. The molecular weight excluding hydrogens is 773 g/mol. The normalized spacial score (nSPS) is 20.5. The van der Waals surface area contributed by atoms with Crippen LogP contribution in [0.5, 0.6) is 11.5 Å². The lowest BCUT2D eigenvalue weighted by molar-refractivity contribution is -0.134. The molecule has 3 aromatic carbocycles. The summed E-state index contributed by atoms with van der Waals surface area (Å²) in [7, 11) is -2.09. The van der Waals surface area contributed by atoms with E-state index >= 15 is 0 Å². The van der Waals surface area contributed by atoms with Crippen molar-refractivity contribution in [1.82, 2.24) is 20.0 Å². The Balaban J connectivity index is 0.841. The third-order valence-electron chi connectivity index (χ3n) is 12.4. The molecule has 316 valence electrons. The first-order valence-electron chi connectivity index (χ1n) is 20.9. The van der Waals surface area contributed by atoms with E-state index in [-0.39, 0.29) is 28.9 Å². The highest BCUT2D eigenvalue weighted by Crippen LogP contribution is 2.37. The number of sulfone groups is 1. The van der Waals surface area contributed by atoms with Gasteiger partial charge in [-0.15, -0.1) is 0 Å². The van der Waals surface area contributed by atoms with Crippen LogP contribution in [0, 0.1) is 0 Å². The molecule has 7 rings (SSSR count). The largest absolute Gasteiger partial charge is 0.493 e. The zero-order valence-corrected chi connectivity index (χ0v) is 35.1. The zero-order chi connectivity index (χ0) is 41.7. The minimum Gasteiger partial charge on any atom is -0.493 e. The van der Waals surface area contributed by atoms with Gasteiger partial charge < -0.3 is 24.0 Å². The predicted molar refractivity (Wildman–Crippen MR) is 223 cm³/mol. The topological polar surface area (TPSA) is 152 Å². The standard InChI is InChI=1S/C45H56N4O9S/c1-4-58-41-28-34(10-13-40(41)56-2)39(29-59(3,54)55)49-44(52)37-11-5-30(27-38(37)45(49)53)19-25-57-26-24-47-20-17-35(18-21-47)48-22-15-32(16-23-48)31-6-8-33(9-7-31)36-12-14-42(50)46-43(36)51/h5-11,13,27-28,32,35-36,39H,4,12,14-26,29H2,1-3H3,(H,46,50,51)/t36?,39-/m1/s1. The van der Waals surface area contributed by atoms with Crippen LogP contribution in [-0.4, -0.2) is 124 Å². The maximum Gasteiger partial charge on any atom is 0.262 e. The van der Waals surface area contributed by atoms with Gasteiger partial charge in [-0.3, -0.25) is 29.4 Å². The van der Waals surface area contributed by atoms with Gasteiger partial charge in [0.15, 0.2) is 11.5 Å². The van der Waals surface area contributed by atoms with Gasteiger partial charge >= 0.3 is 0 Å². The van der Waals surface area contributed by atoms with Crippen LogP contribution in [0.1, 0.15) is 106 Å². The number of imide groups is 2. The van der Waals surface area contributed by atoms with Gasteiger partial charge in [-0.2, -0.15) is 0 Å². The summed E-state index contributed by atoms with van der Waals surface area (Å²) in [5.74, 6) is -0.716. The van der Waals surface area contributed by atoms with Gasteiger partial charge in [0.05, 0.1) is 55.8 Å². The molecule has 3 aromatic rings. The number of piperidine rings is 3. The quantitative estimate of drug-likeness (QED) is 0.155. The summed E-state index contributed by atoms with van der Waals surface area (Å²) >= 11 is 0. The summed E-state index contributed by atoms with van der Waals surface area (Å²) < 4.78 is 42.3.